The number of hydrogen-bond acceptors (Lipinski definition) is 4. The van der Waals surface area contributed by atoms with Gasteiger partial charge in [-0.2, -0.15) is 0 Å². The lowest BCUT2D eigenvalue weighted by molar-refractivity contribution is -0.140. The summed E-state index contributed by atoms with van der Waals surface area (Å²) in [6, 6.07) is 18.4. The maximum absolute atomic E-state index is 14.0. The van der Waals surface area contributed by atoms with Crippen LogP contribution in [0.4, 0.5) is 10.1 Å². The molecule has 0 fully saturated rings. The van der Waals surface area contributed by atoms with Crippen LogP contribution in [-0.4, -0.2) is 44.3 Å². The number of amides is 2. The third-order valence-electron chi connectivity index (χ3n) is 6.53. The Morgan fingerprint density at radius 3 is 2.15 bits per heavy atom. The van der Waals surface area contributed by atoms with Gasteiger partial charge in [0.15, 0.2) is 0 Å². The predicted octanol–water partition coefficient (Wildman–Crippen LogP) is 4.84. The van der Waals surface area contributed by atoms with E-state index in [9.17, 15) is 22.4 Å². The molecule has 2 amide bonds. The average Bonchev–Trinajstić information content (AvgIpc) is 2.93. The molecule has 0 aliphatic rings. The molecule has 0 aliphatic heterocycles. The van der Waals surface area contributed by atoms with Crippen molar-refractivity contribution in [1.29, 1.82) is 0 Å². The van der Waals surface area contributed by atoms with Crippen molar-refractivity contribution in [3.05, 3.63) is 95.3 Å². The van der Waals surface area contributed by atoms with Gasteiger partial charge in [0, 0.05) is 13.1 Å². The first kappa shape index (κ1) is 29.8. The van der Waals surface area contributed by atoms with Gasteiger partial charge in [-0.1, -0.05) is 61.9 Å². The van der Waals surface area contributed by atoms with Crippen LogP contribution >= 0.6 is 0 Å². The molecule has 3 aromatic rings. The van der Waals surface area contributed by atoms with E-state index >= 15 is 0 Å². The second-order valence-corrected chi connectivity index (χ2v) is 11.1. The highest BCUT2D eigenvalue weighted by Gasteiger charge is 2.34. The first-order chi connectivity index (χ1) is 18.6. The highest BCUT2D eigenvalue weighted by Crippen LogP contribution is 2.28. The summed E-state index contributed by atoms with van der Waals surface area (Å²) in [7, 11) is -4.14. The molecule has 208 valence electrons. The number of nitrogens with one attached hydrogen (secondary N) is 1. The molecule has 3 aromatic carbocycles. The number of benzene rings is 3. The molecule has 7 nitrogen and oxygen atoms in total. The molecule has 1 N–H and O–H groups in total. The number of sulfonamides is 1. The van der Waals surface area contributed by atoms with Gasteiger partial charge in [0.05, 0.1) is 10.6 Å². The maximum atomic E-state index is 14.0. The lowest BCUT2D eigenvalue weighted by Gasteiger charge is -2.33. The topological polar surface area (TPSA) is 86.8 Å². The molecule has 0 aromatic heterocycles. The molecular weight excluding hydrogens is 517 g/mol. The number of nitrogens with zero attached hydrogens (tertiary/aromatic N) is 2. The van der Waals surface area contributed by atoms with Crippen LogP contribution in [0.1, 0.15) is 43.9 Å². The third-order valence-corrected chi connectivity index (χ3v) is 8.31. The van der Waals surface area contributed by atoms with Crippen LogP contribution in [0.15, 0.2) is 77.7 Å². The minimum Gasteiger partial charge on any atom is -0.355 e. The van der Waals surface area contributed by atoms with Crippen LogP contribution < -0.4 is 9.62 Å². The summed E-state index contributed by atoms with van der Waals surface area (Å²) in [6.45, 7) is 7.25. The van der Waals surface area contributed by atoms with Gasteiger partial charge in [0.25, 0.3) is 10.0 Å². The molecule has 0 saturated carbocycles. The van der Waals surface area contributed by atoms with Gasteiger partial charge in [-0.15, -0.1) is 0 Å². The molecule has 3 rings (SSSR count). The Bertz CT molecular complexity index is 1380. The SMILES string of the molecule is CCNC(=O)C(CC)N(Cc1ccc(F)cc1)C(=O)CN(c1ccccc1CC)S(=O)(=O)c1ccc(C)cc1. The second kappa shape index (κ2) is 13.4. The van der Waals surface area contributed by atoms with Gasteiger partial charge >= 0.3 is 0 Å². The molecule has 0 heterocycles. The van der Waals surface area contributed by atoms with E-state index in [1.54, 1.807) is 50.2 Å². The maximum Gasteiger partial charge on any atom is 0.264 e. The van der Waals surface area contributed by atoms with Crippen molar-refractivity contribution in [2.45, 2.75) is 58.0 Å². The van der Waals surface area contributed by atoms with Crippen molar-refractivity contribution in [1.82, 2.24) is 10.2 Å². The van der Waals surface area contributed by atoms with Crippen molar-refractivity contribution in [2.75, 3.05) is 17.4 Å². The summed E-state index contributed by atoms with van der Waals surface area (Å²) in [5.74, 6) is -1.30. The number of rotatable bonds is 12. The summed E-state index contributed by atoms with van der Waals surface area (Å²) in [4.78, 5) is 28.4. The Labute approximate surface area is 230 Å². The second-order valence-electron chi connectivity index (χ2n) is 9.27. The number of anilines is 1. The van der Waals surface area contributed by atoms with Crippen molar-refractivity contribution < 1.29 is 22.4 Å². The van der Waals surface area contributed by atoms with Gasteiger partial charge in [0.1, 0.15) is 18.4 Å². The fraction of sp³-hybridized carbons (Fsp3) is 0.333. The molecule has 0 radical (unpaired) electrons. The highest BCUT2D eigenvalue weighted by molar-refractivity contribution is 7.92. The van der Waals surface area contributed by atoms with Gasteiger partial charge in [-0.3, -0.25) is 13.9 Å². The van der Waals surface area contributed by atoms with Crippen molar-refractivity contribution in [3.63, 3.8) is 0 Å². The Kier molecular flexibility index (Phi) is 10.2. The molecule has 1 atom stereocenters. The van der Waals surface area contributed by atoms with E-state index in [0.29, 0.717) is 30.6 Å². The monoisotopic (exact) mass is 553 g/mol. The van der Waals surface area contributed by atoms with Gasteiger partial charge < -0.3 is 10.2 Å². The largest absolute Gasteiger partial charge is 0.355 e. The van der Waals surface area contributed by atoms with Crippen LogP contribution in [0, 0.1) is 12.7 Å². The zero-order valence-electron chi connectivity index (χ0n) is 22.9. The zero-order valence-corrected chi connectivity index (χ0v) is 23.7. The first-order valence-electron chi connectivity index (χ1n) is 13.1. The molecule has 39 heavy (non-hydrogen) atoms. The van der Waals surface area contributed by atoms with E-state index in [2.05, 4.69) is 5.32 Å². The zero-order chi connectivity index (χ0) is 28.6. The van der Waals surface area contributed by atoms with Crippen LogP contribution in [0.5, 0.6) is 0 Å². The summed E-state index contributed by atoms with van der Waals surface area (Å²) in [5, 5.41) is 2.77. The predicted molar refractivity (Wildman–Crippen MR) is 151 cm³/mol. The third kappa shape index (κ3) is 7.23. The number of para-hydroxylation sites is 1. The van der Waals surface area contributed by atoms with E-state index in [1.807, 2.05) is 26.0 Å². The Morgan fingerprint density at radius 1 is 0.923 bits per heavy atom. The van der Waals surface area contributed by atoms with Crippen molar-refractivity contribution in [3.8, 4) is 0 Å². The van der Waals surface area contributed by atoms with Crippen LogP contribution in [0.3, 0.4) is 0 Å². The Balaban J connectivity index is 2.09. The fourth-order valence-corrected chi connectivity index (χ4v) is 5.85. The molecule has 0 saturated heterocycles. The van der Waals surface area contributed by atoms with Gasteiger partial charge in [0.2, 0.25) is 11.8 Å². The lowest BCUT2D eigenvalue weighted by atomic mass is 10.1. The van der Waals surface area contributed by atoms with E-state index in [1.165, 1.54) is 29.2 Å². The number of aryl methyl sites for hydroxylation is 2. The summed E-state index contributed by atoms with van der Waals surface area (Å²) in [5.41, 5.74) is 2.70. The number of carbonyl (C=O) groups excluding carboxylic acids is 2. The minimum absolute atomic E-state index is 0.0165. The van der Waals surface area contributed by atoms with Gasteiger partial charge in [-0.05, 0) is 68.1 Å². The summed E-state index contributed by atoms with van der Waals surface area (Å²) < 4.78 is 42.6. The Morgan fingerprint density at radius 2 is 1.56 bits per heavy atom. The molecule has 1 unspecified atom stereocenters. The molecular formula is C30H36FN3O4S. The van der Waals surface area contributed by atoms with Crippen molar-refractivity contribution >= 4 is 27.5 Å². The summed E-state index contributed by atoms with van der Waals surface area (Å²) in [6.07, 6.45) is 0.870. The highest BCUT2D eigenvalue weighted by atomic mass is 32.2. The van der Waals surface area contributed by atoms with Crippen LogP contribution in [-0.2, 0) is 32.6 Å². The van der Waals surface area contributed by atoms with Crippen LogP contribution in [0.2, 0.25) is 0 Å². The standard InChI is InChI=1S/C30H36FN3O4S/c1-5-24-10-8-9-11-28(24)34(39(37,38)26-18-12-22(4)13-19-26)21-29(35)33(27(6-2)30(36)32-7-3)20-23-14-16-25(31)17-15-23/h8-19,27H,5-7,20-21H2,1-4H3,(H,32,36). The molecule has 0 aliphatic carbocycles. The number of hydrogen-bond donors (Lipinski definition) is 1. The fourth-order valence-electron chi connectivity index (χ4n) is 4.40. The number of carbonyl (C=O) groups is 2. The van der Waals surface area contributed by atoms with Crippen LogP contribution in [0.25, 0.3) is 0 Å². The molecule has 0 spiro atoms. The lowest BCUT2D eigenvalue weighted by Crippen LogP contribution is -2.52. The quantitative estimate of drug-likeness (QED) is 0.348. The van der Waals surface area contributed by atoms with E-state index in [0.717, 1.165) is 15.4 Å². The normalized spacial score (nSPS) is 12.0. The molecule has 0 bridgehead atoms. The first-order valence-corrected chi connectivity index (χ1v) is 14.5. The smallest absolute Gasteiger partial charge is 0.264 e. The van der Waals surface area contributed by atoms with E-state index in [-0.39, 0.29) is 17.3 Å². The van der Waals surface area contributed by atoms with Gasteiger partial charge in [-0.25, -0.2) is 12.8 Å². The summed E-state index contributed by atoms with van der Waals surface area (Å²) >= 11 is 0. The van der Waals surface area contributed by atoms with Crippen molar-refractivity contribution in [2.24, 2.45) is 0 Å². The number of likely N-dealkylation sites (N-methyl/N-ethyl adjacent to an activating group) is 1. The Hall–Kier alpha value is -3.72. The number of halogens is 1. The van der Waals surface area contributed by atoms with E-state index in [4.69, 9.17) is 0 Å². The molecule has 9 heteroatoms. The average molecular weight is 554 g/mol. The minimum atomic E-state index is -4.14. The van der Waals surface area contributed by atoms with E-state index < -0.39 is 34.3 Å².